The summed E-state index contributed by atoms with van der Waals surface area (Å²) < 4.78 is 2.21. The fraction of sp³-hybridized carbons (Fsp3) is 0.333. The van der Waals surface area contributed by atoms with E-state index >= 15 is 0 Å². The van der Waals surface area contributed by atoms with Gasteiger partial charge in [0.1, 0.15) is 0 Å². The lowest BCUT2D eigenvalue weighted by molar-refractivity contribution is 0.605. The second-order valence-corrected chi connectivity index (χ2v) is 5.50. The van der Waals surface area contributed by atoms with Gasteiger partial charge in [-0.1, -0.05) is 50.1 Å². The Labute approximate surface area is 108 Å². The van der Waals surface area contributed by atoms with E-state index in [1.165, 1.54) is 5.56 Å². The Morgan fingerprint density at radius 1 is 1.47 bits per heavy atom. The van der Waals surface area contributed by atoms with E-state index in [1.54, 1.807) is 0 Å². The van der Waals surface area contributed by atoms with Crippen LogP contribution in [0, 0.1) is 0 Å². The van der Waals surface area contributed by atoms with Gasteiger partial charge in [0.2, 0.25) is 0 Å². The van der Waals surface area contributed by atoms with Crippen molar-refractivity contribution in [3.8, 4) is 0 Å². The van der Waals surface area contributed by atoms with E-state index in [4.69, 9.17) is 0 Å². The van der Waals surface area contributed by atoms with Crippen molar-refractivity contribution in [1.82, 2.24) is 5.32 Å². The molecule has 15 heavy (non-hydrogen) atoms. The molecule has 0 spiro atoms. The average molecular weight is 333 g/mol. The van der Waals surface area contributed by atoms with Gasteiger partial charge in [-0.15, -0.1) is 0 Å². The lowest BCUT2D eigenvalue weighted by Gasteiger charge is -2.16. The second kappa shape index (κ2) is 5.83. The van der Waals surface area contributed by atoms with Crippen LogP contribution in [-0.4, -0.2) is 6.54 Å². The third-order valence-electron chi connectivity index (χ3n) is 2.14. The predicted octanol–water partition coefficient (Wildman–Crippen LogP) is 4.44. The van der Waals surface area contributed by atoms with Crippen LogP contribution in [0.2, 0.25) is 0 Å². The van der Waals surface area contributed by atoms with Gasteiger partial charge in [-0.25, -0.2) is 0 Å². The molecule has 1 atom stereocenters. The maximum atomic E-state index is 3.88. The van der Waals surface area contributed by atoms with Crippen molar-refractivity contribution in [2.75, 3.05) is 6.54 Å². The summed E-state index contributed by atoms with van der Waals surface area (Å²) in [5.74, 6) is 0. The largest absolute Gasteiger partial charge is 0.306 e. The number of rotatable bonds is 4. The summed E-state index contributed by atoms with van der Waals surface area (Å²) in [6.45, 7) is 8.90. The highest BCUT2D eigenvalue weighted by molar-refractivity contribution is 9.11. The van der Waals surface area contributed by atoms with Crippen LogP contribution in [0.15, 0.2) is 39.3 Å². The zero-order valence-corrected chi connectivity index (χ0v) is 12.2. The number of benzene rings is 1. The van der Waals surface area contributed by atoms with Crippen molar-refractivity contribution in [2.24, 2.45) is 0 Å². The Hall–Kier alpha value is -0.120. The molecule has 1 N–H and O–H groups in total. The monoisotopic (exact) mass is 331 g/mol. The molecule has 0 amide bonds. The van der Waals surface area contributed by atoms with E-state index in [1.807, 2.05) is 6.92 Å². The molecule has 0 aliphatic carbocycles. The summed E-state index contributed by atoms with van der Waals surface area (Å²) in [6, 6.07) is 6.56. The van der Waals surface area contributed by atoms with Gasteiger partial charge >= 0.3 is 0 Å². The summed E-state index contributed by atoms with van der Waals surface area (Å²) in [5, 5.41) is 3.41. The molecule has 0 aliphatic rings. The smallest absolute Gasteiger partial charge is 0.0306 e. The average Bonchev–Trinajstić information content (AvgIpc) is 2.14. The molecule has 0 saturated heterocycles. The molecule has 0 radical (unpaired) electrons. The van der Waals surface area contributed by atoms with Gasteiger partial charge in [0.05, 0.1) is 0 Å². The van der Waals surface area contributed by atoms with Crippen molar-refractivity contribution < 1.29 is 0 Å². The Bertz CT molecular complexity index is 361. The van der Waals surface area contributed by atoms with Gasteiger partial charge in [0.15, 0.2) is 0 Å². The Morgan fingerprint density at radius 2 is 2.13 bits per heavy atom. The molecule has 3 heteroatoms. The van der Waals surface area contributed by atoms with Crippen molar-refractivity contribution in [3.05, 3.63) is 44.9 Å². The van der Waals surface area contributed by atoms with Crippen molar-refractivity contribution >= 4 is 31.9 Å². The lowest BCUT2D eigenvalue weighted by atomic mass is 10.1. The highest BCUT2D eigenvalue weighted by Gasteiger charge is 2.08. The van der Waals surface area contributed by atoms with Crippen LogP contribution in [-0.2, 0) is 0 Å². The van der Waals surface area contributed by atoms with Gasteiger partial charge in [-0.2, -0.15) is 0 Å². The molecule has 1 unspecified atom stereocenters. The molecular formula is C12H15Br2N. The Balaban J connectivity index is 2.73. The normalized spacial score (nSPS) is 12.5. The number of halogens is 2. The SMILES string of the molecule is C=C(C)CNC(C)c1ccc(Br)cc1Br. The van der Waals surface area contributed by atoms with E-state index in [9.17, 15) is 0 Å². The maximum absolute atomic E-state index is 3.88. The zero-order valence-electron chi connectivity index (χ0n) is 8.98. The molecule has 0 heterocycles. The number of nitrogens with one attached hydrogen (secondary N) is 1. The van der Waals surface area contributed by atoms with Crippen LogP contribution in [0.1, 0.15) is 25.5 Å². The highest BCUT2D eigenvalue weighted by atomic mass is 79.9. The fourth-order valence-corrected chi connectivity index (χ4v) is 2.68. The quantitative estimate of drug-likeness (QED) is 0.804. The minimum Gasteiger partial charge on any atom is -0.306 e. The van der Waals surface area contributed by atoms with Gasteiger partial charge in [-0.3, -0.25) is 0 Å². The minimum atomic E-state index is 0.323. The molecule has 0 saturated carbocycles. The molecule has 82 valence electrons. The molecule has 0 fully saturated rings. The topological polar surface area (TPSA) is 12.0 Å². The Kier molecular flexibility index (Phi) is 5.03. The molecule has 0 bridgehead atoms. The summed E-state index contributed by atoms with van der Waals surface area (Å²) in [5.41, 5.74) is 2.41. The van der Waals surface area contributed by atoms with Crippen LogP contribution < -0.4 is 5.32 Å². The van der Waals surface area contributed by atoms with Gasteiger partial charge in [0.25, 0.3) is 0 Å². The van der Waals surface area contributed by atoms with Crippen LogP contribution in [0.5, 0.6) is 0 Å². The first-order chi connectivity index (χ1) is 7.00. The molecule has 0 aromatic heterocycles. The van der Waals surface area contributed by atoms with Crippen LogP contribution >= 0.6 is 31.9 Å². The molecule has 1 nitrogen and oxygen atoms in total. The number of hydrogen-bond donors (Lipinski definition) is 1. The Morgan fingerprint density at radius 3 is 2.67 bits per heavy atom. The third kappa shape index (κ3) is 4.09. The van der Waals surface area contributed by atoms with Crippen LogP contribution in [0.25, 0.3) is 0 Å². The first-order valence-electron chi connectivity index (χ1n) is 4.83. The van der Waals surface area contributed by atoms with Gasteiger partial charge in [-0.05, 0) is 31.5 Å². The minimum absolute atomic E-state index is 0.323. The molecule has 1 rings (SSSR count). The van der Waals surface area contributed by atoms with Crippen LogP contribution in [0.3, 0.4) is 0 Å². The molecule has 1 aromatic carbocycles. The first-order valence-corrected chi connectivity index (χ1v) is 6.42. The molecule has 1 aromatic rings. The first kappa shape index (κ1) is 12.9. The van der Waals surface area contributed by atoms with E-state index < -0.39 is 0 Å². The van der Waals surface area contributed by atoms with Gasteiger partial charge in [0, 0.05) is 21.5 Å². The number of hydrogen-bond acceptors (Lipinski definition) is 1. The summed E-state index contributed by atoms with van der Waals surface area (Å²) >= 11 is 7.01. The molecular weight excluding hydrogens is 318 g/mol. The van der Waals surface area contributed by atoms with E-state index in [0.29, 0.717) is 6.04 Å². The van der Waals surface area contributed by atoms with E-state index in [-0.39, 0.29) is 0 Å². The second-order valence-electron chi connectivity index (χ2n) is 3.73. The van der Waals surface area contributed by atoms with E-state index in [2.05, 4.69) is 68.9 Å². The lowest BCUT2D eigenvalue weighted by Crippen LogP contribution is -2.20. The standard InChI is InChI=1S/C12H15Br2N/c1-8(2)7-15-9(3)11-5-4-10(13)6-12(11)14/h4-6,9,15H,1,7H2,2-3H3. The summed E-state index contributed by atoms with van der Waals surface area (Å²) in [7, 11) is 0. The van der Waals surface area contributed by atoms with Crippen molar-refractivity contribution in [1.29, 1.82) is 0 Å². The van der Waals surface area contributed by atoms with Crippen molar-refractivity contribution in [2.45, 2.75) is 19.9 Å². The third-order valence-corrected chi connectivity index (χ3v) is 3.32. The van der Waals surface area contributed by atoms with Gasteiger partial charge < -0.3 is 5.32 Å². The van der Waals surface area contributed by atoms with E-state index in [0.717, 1.165) is 21.1 Å². The maximum Gasteiger partial charge on any atom is 0.0306 e. The highest BCUT2D eigenvalue weighted by Crippen LogP contribution is 2.26. The zero-order chi connectivity index (χ0) is 11.4. The summed E-state index contributed by atoms with van der Waals surface area (Å²) in [4.78, 5) is 0. The fourth-order valence-electron chi connectivity index (χ4n) is 1.29. The van der Waals surface area contributed by atoms with Crippen LogP contribution in [0.4, 0.5) is 0 Å². The predicted molar refractivity (Wildman–Crippen MR) is 73.1 cm³/mol. The van der Waals surface area contributed by atoms with Crippen molar-refractivity contribution in [3.63, 3.8) is 0 Å². The summed E-state index contributed by atoms with van der Waals surface area (Å²) in [6.07, 6.45) is 0. The molecule has 0 aliphatic heterocycles.